The Morgan fingerprint density at radius 1 is 1.50 bits per heavy atom. The number of carbonyl (C=O) groups is 2. The zero-order chi connectivity index (χ0) is 15.2. The smallest absolute Gasteiger partial charge is 0.407 e. The lowest BCUT2D eigenvalue weighted by Crippen LogP contribution is -2.27. The van der Waals surface area contributed by atoms with Crippen LogP contribution < -0.4 is 5.32 Å². The Balaban J connectivity index is 2.38. The molecule has 0 aromatic carbocycles. The van der Waals surface area contributed by atoms with E-state index in [4.69, 9.17) is 9.47 Å². The van der Waals surface area contributed by atoms with Crippen molar-refractivity contribution in [3.63, 3.8) is 0 Å². The van der Waals surface area contributed by atoms with E-state index in [0.717, 1.165) is 18.4 Å². The summed E-state index contributed by atoms with van der Waals surface area (Å²) in [7, 11) is 0. The Bertz CT molecular complexity index is 435. The SMILES string of the molecule is CCCCNC(=O)OC/C=C(\C)C1=CC(=O)C(C)(C)O1. The van der Waals surface area contributed by atoms with Crippen molar-refractivity contribution in [1.82, 2.24) is 5.32 Å². The van der Waals surface area contributed by atoms with Crippen LogP contribution in [0.15, 0.2) is 23.5 Å². The second kappa shape index (κ2) is 7.12. The van der Waals surface area contributed by atoms with Crippen LogP contribution in [0.2, 0.25) is 0 Å². The van der Waals surface area contributed by atoms with E-state index in [-0.39, 0.29) is 12.4 Å². The van der Waals surface area contributed by atoms with Crippen LogP contribution in [0, 0.1) is 0 Å². The number of alkyl carbamates (subject to hydrolysis) is 1. The highest BCUT2D eigenvalue weighted by molar-refractivity contribution is 5.99. The fraction of sp³-hybridized carbons (Fsp3) is 0.600. The maximum atomic E-state index is 11.6. The molecule has 0 fully saturated rings. The van der Waals surface area contributed by atoms with Crippen molar-refractivity contribution < 1.29 is 19.1 Å². The zero-order valence-corrected chi connectivity index (χ0v) is 12.6. The van der Waals surface area contributed by atoms with Gasteiger partial charge >= 0.3 is 6.09 Å². The molecule has 1 N–H and O–H groups in total. The fourth-order valence-electron chi connectivity index (χ4n) is 1.60. The standard InChI is InChI=1S/C15H23NO4/c1-5-6-8-16-14(18)19-9-7-11(2)12-10-13(17)15(3,4)20-12/h7,10H,5-6,8-9H2,1-4H3,(H,16,18)/b11-7+. The van der Waals surface area contributed by atoms with Gasteiger partial charge in [-0.1, -0.05) is 13.3 Å². The van der Waals surface area contributed by atoms with Crippen LogP contribution in [0.3, 0.4) is 0 Å². The van der Waals surface area contributed by atoms with Gasteiger partial charge in [0.05, 0.1) is 0 Å². The topological polar surface area (TPSA) is 64.6 Å². The first-order valence-electron chi connectivity index (χ1n) is 6.89. The molecular weight excluding hydrogens is 258 g/mol. The van der Waals surface area contributed by atoms with Crippen LogP contribution in [0.1, 0.15) is 40.5 Å². The average molecular weight is 281 g/mol. The van der Waals surface area contributed by atoms with Crippen molar-refractivity contribution in [2.45, 2.75) is 46.1 Å². The molecule has 1 aliphatic rings. The van der Waals surface area contributed by atoms with Crippen molar-refractivity contribution in [1.29, 1.82) is 0 Å². The van der Waals surface area contributed by atoms with Crippen LogP contribution in [0.5, 0.6) is 0 Å². The van der Waals surface area contributed by atoms with Crippen LogP contribution in [-0.4, -0.2) is 30.6 Å². The molecule has 112 valence electrons. The van der Waals surface area contributed by atoms with Gasteiger partial charge in [0.25, 0.3) is 0 Å². The molecule has 0 saturated carbocycles. The summed E-state index contributed by atoms with van der Waals surface area (Å²) in [4.78, 5) is 22.9. The third kappa shape index (κ3) is 4.72. The van der Waals surface area contributed by atoms with Crippen molar-refractivity contribution in [3.8, 4) is 0 Å². The summed E-state index contributed by atoms with van der Waals surface area (Å²) in [6.45, 7) is 8.09. The van der Waals surface area contributed by atoms with E-state index in [1.807, 2.05) is 6.92 Å². The van der Waals surface area contributed by atoms with Gasteiger partial charge in [0, 0.05) is 12.6 Å². The molecule has 0 spiro atoms. The minimum atomic E-state index is -0.803. The van der Waals surface area contributed by atoms with E-state index in [2.05, 4.69) is 12.2 Å². The number of hydrogen-bond acceptors (Lipinski definition) is 4. The number of allylic oxidation sites excluding steroid dienone is 1. The highest BCUT2D eigenvalue weighted by Gasteiger charge is 2.35. The third-order valence-electron chi connectivity index (χ3n) is 3.01. The number of unbranched alkanes of at least 4 members (excludes halogenated alkanes) is 1. The molecule has 0 bridgehead atoms. The van der Waals surface area contributed by atoms with Gasteiger partial charge in [0.1, 0.15) is 12.4 Å². The lowest BCUT2D eigenvalue weighted by Gasteiger charge is -2.18. The van der Waals surface area contributed by atoms with E-state index in [1.165, 1.54) is 6.08 Å². The molecular formula is C15H23NO4. The maximum Gasteiger partial charge on any atom is 0.407 e. The van der Waals surface area contributed by atoms with E-state index < -0.39 is 11.7 Å². The molecule has 0 saturated heterocycles. The molecule has 0 aliphatic carbocycles. The van der Waals surface area contributed by atoms with Gasteiger partial charge in [-0.05, 0) is 38.8 Å². The minimum Gasteiger partial charge on any atom is -0.479 e. The van der Waals surface area contributed by atoms with Gasteiger partial charge in [-0.15, -0.1) is 0 Å². The number of ether oxygens (including phenoxy) is 2. The quantitative estimate of drug-likeness (QED) is 0.760. The summed E-state index contributed by atoms with van der Waals surface area (Å²) < 4.78 is 10.6. The lowest BCUT2D eigenvalue weighted by atomic mass is 10.1. The molecule has 5 heteroatoms. The van der Waals surface area contributed by atoms with Gasteiger partial charge in [0.2, 0.25) is 5.78 Å². The van der Waals surface area contributed by atoms with E-state index in [9.17, 15) is 9.59 Å². The number of hydrogen-bond donors (Lipinski definition) is 1. The first kappa shape index (κ1) is 16.3. The van der Waals surface area contributed by atoms with Crippen LogP contribution in [-0.2, 0) is 14.3 Å². The maximum absolute atomic E-state index is 11.6. The van der Waals surface area contributed by atoms with Gasteiger partial charge in [-0.3, -0.25) is 4.79 Å². The van der Waals surface area contributed by atoms with Crippen molar-refractivity contribution in [2.24, 2.45) is 0 Å². The first-order valence-corrected chi connectivity index (χ1v) is 6.89. The molecule has 0 aromatic heterocycles. The Hall–Kier alpha value is -1.78. The number of ketones is 1. The summed E-state index contributed by atoms with van der Waals surface area (Å²) in [6, 6.07) is 0. The average Bonchev–Trinajstić information content (AvgIpc) is 2.64. The first-order chi connectivity index (χ1) is 9.36. The Labute approximate surface area is 120 Å². The second-order valence-corrected chi connectivity index (χ2v) is 5.25. The summed E-state index contributed by atoms with van der Waals surface area (Å²) in [6.07, 6.45) is 4.73. The van der Waals surface area contributed by atoms with Crippen molar-refractivity contribution in [2.75, 3.05) is 13.2 Å². The lowest BCUT2D eigenvalue weighted by molar-refractivity contribution is -0.126. The predicted octanol–water partition coefficient (Wildman–Crippen LogP) is 2.72. The molecule has 5 nitrogen and oxygen atoms in total. The Kier molecular flexibility index (Phi) is 5.80. The van der Waals surface area contributed by atoms with Crippen molar-refractivity contribution in [3.05, 3.63) is 23.5 Å². The predicted molar refractivity (Wildman–Crippen MR) is 76.3 cm³/mol. The molecule has 0 unspecified atom stereocenters. The molecule has 1 aliphatic heterocycles. The second-order valence-electron chi connectivity index (χ2n) is 5.25. The monoisotopic (exact) mass is 281 g/mol. The molecule has 20 heavy (non-hydrogen) atoms. The van der Waals surface area contributed by atoms with Crippen molar-refractivity contribution >= 4 is 11.9 Å². The molecule has 1 heterocycles. The molecule has 0 radical (unpaired) electrons. The number of nitrogens with one attached hydrogen (secondary N) is 1. The van der Waals surface area contributed by atoms with Gasteiger partial charge in [-0.25, -0.2) is 4.79 Å². The number of amides is 1. The minimum absolute atomic E-state index is 0.0570. The van der Waals surface area contributed by atoms with Crippen LogP contribution >= 0.6 is 0 Å². The summed E-state index contributed by atoms with van der Waals surface area (Å²) in [5.41, 5.74) is -0.0201. The highest BCUT2D eigenvalue weighted by Crippen LogP contribution is 2.28. The van der Waals surface area contributed by atoms with Crippen LogP contribution in [0.4, 0.5) is 4.79 Å². The van der Waals surface area contributed by atoms with Gasteiger partial charge < -0.3 is 14.8 Å². The summed E-state index contributed by atoms with van der Waals surface area (Å²) in [5, 5.41) is 2.66. The summed E-state index contributed by atoms with van der Waals surface area (Å²) in [5.74, 6) is 0.480. The fourth-order valence-corrected chi connectivity index (χ4v) is 1.60. The largest absolute Gasteiger partial charge is 0.479 e. The van der Waals surface area contributed by atoms with E-state index in [1.54, 1.807) is 19.9 Å². The molecule has 0 aromatic rings. The zero-order valence-electron chi connectivity index (χ0n) is 12.6. The van der Waals surface area contributed by atoms with Gasteiger partial charge in [-0.2, -0.15) is 0 Å². The molecule has 1 amide bonds. The van der Waals surface area contributed by atoms with E-state index >= 15 is 0 Å². The van der Waals surface area contributed by atoms with Crippen LogP contribution in [0.25, 0.3) is 0 Å². The molecule has 0 atom stereocenters. The van der Waals surface area contributed by atoms with E-state index in [0.29, 0.717) is 12.3 Å². The third-order valence-corrected chi connectivity index (χ3v) is 3.01. The normalized spacial score (nSPS) is 17.5. The number of carbonyl (C=O) groups excluding carboxylic acids is 2. The molecule has 1 rings (SSSR count). The Morgan fingerprint density at radius 3 is 2.75 bits per heavy atom. The number of rotatable bonds is 6. The highest BCUT2D eigenvalue weighted by atomic mass is 16.5. The summed E-state index contributed by atoms with van der Waals surface area (Å²) >= 11 is 0. The Morgan fingerprint density at radius 2 is 2.20 bits per heavy atom. The van der Waals surface area contributed by atoms with Gasteiger partial charge in [0.15, 0.2) is 5.60 Å².